The fourth-order valence-corrected chi connectivity index (χ4v) is 2.21. The predicted molar refractivity (Wildman–Crippen MR) is 78.7 cm³/mol. The summed E-state index contributed by atoms with van der Waals surface area (Å²) in [6.45, 7) is 10.6. The van der Waals surface area contributed by atoms with E-state index in [4.69, 9.17) is 11.6 Å². The lowest BCUT2D eigenvalue weighted by Crippen LogP contribution is -2.32. The SMILES string of the molecule is CC(C)CN(CC(C)C)c1cc(Cl)ccc1C=O. The molecule has 0 aliphatic rings. The van der Waals surface area contributed by atoms with Gasteiger partial charge in [0.25, 0.3) is 0 Å². The van der Waals surface area contributed by atoms with Crippen molar-refractivity contribution < 1.29 is 4.79 Å². The van der Waals surface area contributed by atoms with Crippen molar-refractivity contribution >= 4 is 23.6 Å². The Morgan fingerprint density at radius 2 is 1.72 bits per heavy atom. The Morgan fingerprint density at radius 3 is 2.17 bits per heavy atom. The molecule has 1 rings (SSSR count). The van der Waals surface area contributed by atoms with Crippen molar-refractivity contribution in [2.75, 3.05) is 18.0 Å². The van der Waals surface area contributed by atoms with Crippen molar-refractivity contribution in [2.24, 2.45) is 11.8 Å². The molecule has 0 aliphatic heterocycles. The van der Waals surface area contributed by atoms with Crippen LogP contribution in [0.5, 0.6) is 0 Å². The molecule has 0 unspecified atom stereocenters. The van der Waals surface area contributed by atoms with Crippen LogP contribution in [0.4, 0.5) is 5.69 Å². The number of halogens is 1. The molecule has 1 aromatic rings. The number of rotatable bonds is 6. The molecule has 0 heterocycles. The number of hydrogen-bond donors (Lipinski definition) is 0. The second-order valence-corrected chi connectivity index (χ2v) is 5.95. The zero-order chi connectivity index (χ0) is 13.7. The standard InChI is InChI=1S/C15H22ClNO/c1-11(2)8-17(9-12(3)4)15-7-14(16)6-5-13(15)10-18/h5-7,10-12H,8-9H2,1-4H3. The highest BCUT2D eigenvalue weighted by Gasteiger charge is 2.14. The average Bonchev–Trinajstić information content (AvgIpc) is 2.26. The van der Waals surface area contributed by atoms with Gasteiger partial charge in [0.1, 0.15) is 0 Å². The molecule has 18 heavy (non-hydrogen) atoms. The van der Waals surface area contributed by atoms with E-state index in [9.17, 15) is 4.79 Å². The summed E-state index contributed by atoms with van der Waals surface area (Å²) in [5.74, 6) is 1.09. The van der Waals surface area contributed by atoms with Crippen molar-refractivity contribution in [3.63, 3.8) is 0 Å². The van der Waals surface area contributed by atoms with Gasteiger partial charge in [-0.05, 0) is 30.0 Å². The summed E-state index contributed by atoms with van der Waals surface area (Å²) >= 11 is 6.05. The fourth-order valence-electron chi connectivity index (χ4n) is 2.04. The Balaban J connectivity index is 3.09. The monoisotopic (exact) mass is 267 g/mol. The van der Waals surface area contributed by atoms with Gasteiger partial charge in [-0.25, -0.2) is 0 Å². The lowest BCUT2D eigenvalue weighted by Gasteiger charge is -2.29. The van der Waals surface area contributed by atoms with Crippen molar-refractivity contribution in [3.05, 3.63) is 28.8 Å². The molecule has 100 valence electrons. The molecule has 0 fully saturated rings. The number of hydrogen-bond acceptors (Lipinski definition) is 2. The molecule has 2 nitrogen and oxygen atoms in total. The molecular formula is C15H22ClNO. The minimum atomic E-state index is 0.544. The van der Waals surface area contributed by atoms with E-state index >= 15 is 0 Å². The third-order valence-corrected chi connectivity index (χ3v) is 2.87. The van der Waals surface area contributed by atoms with Crippen LogP contribution in [-0.2, 0) is 0 Å². The quantitative estimate of drug-likeness (QED) is 0.718. The zero-order valence-corrected chi connectivity index (χ0v) is 12.4. The van der Waals surface area contributed by atoms with Gasteiger partial charge in [-0.2, -0.15) is 0 Å². The average molecular weight is 268 g/mol. The van der Waals surface area contributed by atoms with E-state index in [1.54, 1.807) is 12.1 Å². The predicted octanol–water partition coefficient (Wildman–Crippen LogP) is 4.27. The minimum Gasteiger partial charge on any atom is -0.370 e. The number of nitrogens with zero attached hydrogens (tertiary/aromatic N) is 1. The van der Waals surface area contributed by atoms with Crippen LogP contribution < -0.4 is 4.90 Å². The number of aldehydes is 1. The van der Waals surface area contributed by atoms with Gasteiger partial charge >= 0.3 is 0 Å². The summed E-state index contributed by atoms with van der Waals surface area (Å²) in [5, 5.41) is 0.674. The molecule has 0 saturated carbocycles. The molecule has 0 bridgehead atoms. The Labute approximate surface area is 115 Å². The largest absolute Gasteiger partial charge is 0.370 e. The van der Waals surface area contributed by atoms with Crippen LogP contribution in [-0.4, -0.2) is 19.4 Å². The summed E-state index contributed by atoms with van der Waals surface area (Å²) in [5.41, 5.74) is 1.65. The van der Waals surface area contributed by atoms with E-state index in [0.717, 1.165) is 25.1 Å². The highest BCUT2D eigenvalue weighted by atomic mass is 35.5. The molecular weight excluding hydrogens is 246 g/mol. The topological polar surface area (TPSA) is 20.3 Å². The third-order valence-electron chi connectivity index (χ3n) is 2.63. The first-order valence-electron chi connectivity index (χ1n) is 6.43. The molecule has 0 spiro atoms. The molecule has 0 aromatic heterocycles. The van der Waals surface area contributed by atoms with Gasteiger partial charge in [0.2, 0.25) is 0 Å². The maximum atomic E-state index is 11.1. The van der Waals surface area contributed by atoms with Crippen molar-refractivity contribution in [1.82, 2.24) is 0 Å². The molecule has 0 radical (unpaired) electrons. The van der Waals surface area contributed by atoms with Crippen LogP contribution >= 0.6 is 11.6 Å². The maximum Gasteiger partial charge on any atom is 0.152 e. The van der Waals surface area contributed by atoms with E-state index in [1.165, 1.54) is 0 Å². The normalized spacial score (nSPS) is 11.1. The van der Waals surface area contributed by atoms with Crippen LogP contribution in [0.2, 0.25) is 5.02 Å². The second kappa shape index (κ2) is 6.79. The van der Waals surface area contributed by atoms with Crippen molar-refractivity contribution in [2.45, 2.75) is 27.7 Å². The first-order chi connectivity index (χ1) is 8.43. The van der Waals surface area contributed by atoms with Crippen LogP contribution in [0.1, 0.15) is 38.1 Å². The first kappa shape index (κ1) is 15.0. The van der Waals surface area contributed by atoms with Gasteiger partial charge in [-0.15, -0.1) is 0 Å². The highest BCUT2D eigenvalue weighted by molar-refractivity contribution is 6.31. The molecule has 3 heteroatoms. The minimum absolute atomic E-state index is 0.544. The second-order valence-electron chi connectivity index (χ2n) is 5.51. The maximum absolute atomic E-state index is 11.1. The Bertz CT molecular complexity index is 391. The van der Waals surface area contributed by atoms with Crippen LogP contribution in [0.3, 0.4) is 0 Å². The van der Waals surface area contributed by atoms with Gasteiger partial charge in [-0.3, -0.25) is 4.79 Å². The molecule has 1 aromatic carbocycles. The van der Waals surface area contributed by atoms with E-state index < -0.39 is 0 Å². The zero-order valence-electron chi connectivity index (χ0n) is 11.6. The van der Waals surface area contributed by atoms with Crippen LogP contribution in [0.15, 0.2) is 18.2 Å². The fraction of sp³-hybridized carbons (Fsp3) is 0.533. The van der Waals surface area contributed by atoms with Crippen molar-refractivity contribution in [1.29, 1.82) is 0 Å². The summed E-state index contributed by atoms with van der Waals surface area (Å²) in [6.07, 6.45) is 0.902. The summed E-state index contributed by atoms with van der Waals surface area (Å²) in [6, 6.07) is 5.44. The molecule has 0 atom stereocenters. The van der Waals surface area contributed by atoms with Gasteiger partial charge in [-0.1, -0.05) is 39.3 Å². The van der Waals surface area contributed by atoms with E-state index in [2.05, 4.69) is 32.6 Å². The van der Waals surface area contributed by atoms with Crippen molar-refractivity contribution in [3.8, 4) is 0 Å². The lowest BCUT2D eigenvalue weighted by molar-refractivity contribution is 0.112. The molecule has 0 saturated heterocycles. The number of carbonyl (C=O) groups is 1. The number of benzene rings is 1. The van der Waals surface area contributed by atoms with Gasteiger partial charge < -0.3 is 4.90 Å². The smallest absolute Gasteiger partial charge is 0.152 e. The van der Waals surface area contributed by atoms with E-state index in [-0.39, 0.29) is 0 Å². The first-order valence-corrected chi connectivity index (χ1v) is 6.81. The number of carbonyl (C=O) groups excluding carboxylic acids is 1. The van der Waals surface area contributed by atoms with Crippen LogP contribution in [0, 0.1) is 11.8 Å². The highest BCUT2D eigenvalue weighted by Crippen LogP contribution is 2.25. The molecule has 0 aliphatic carbocycles. The summed E-state index contributed by atoms with van der Waals surface area (Å²) < 4.78 is 0. The summed E-state index contributed by atoms with van der Waals surface area (Å²) in [7, 11) is 0. The van der Waals surface area contributed by atoms with Crippen LogP contribution in [0.25, 0.3) is 0 Å². The Morgan fingerprint density at radius 1 is 1.17 bits per heavy atom. The van der Waals surface area contributed by atoms with E-state index in [0.29, 0.717) is 22.4 Å². The summed E-state index contributed by atoms with van der Waals surface area (Å²) in [4.78, 5) is 13.4. The number of anilines is 1. The Kier molecular flexibility index (Phi) is 5.67. The van der Waals surface area contributed by atoms with Gasteiger partial charge in [0.15, 0.2) is 6.29 Å². The van der Waals surface area contributed by atoms with Gasteiger partial charge in [0.05, 0.1) is 0 Å². The van der Waals surface area contributed by atoms with Gasteiger partial charge in [0, 0.05) is 29.4 Å². The third kappa shape index (κ3) is 4.34. The lowest BCUT2D eigenvalue weighted by atomic mass is 10.1. The van der Waals surface area contributed by atoms with E-state index in [1.807, 2.05) is 6.07 Å². The molecule has 0 amide bonds. The molecule has 0 N–H and O–H groups in total. The Hall–Kier alpha value is -1.02.